The maximum Gasteiger partial charge on any atom is 0.253 e. The number of rotatable bonds is 13. The van der Waals surface area contributed by atoms with Gasteiger partial charge in [0.2, 0.25) is 0 Å². The molecule has 0 aliphatic carbocycles. The van der Waals surface area contributed by atoms with E-state index < -0.39 is 0 Å². The van der Waals surface area contributed by atoms with Gasteiger partial charge in [-0.05, 0) is 100 Å². The van der Waals surface area contributed by atoms with Gasteiger partial charge in [-0.15, -0.1) is 0 Å². The van der Waals surface area contributed by atoms with E-state index in [1.165, 1.54) is 16.8 Å². The highest BCUT2D eigenvalue weighted by atomic mass is 35.5. The van der Waals surface area contributed by atoms with Gasteiger partial charge in [0.25, 0.3) is 5.91 Å². The smallest absolute Gasteiger partial charge is 0.253 e. The van der Waals surface area contributed by atoms with Gasteiger partial charge in [-0.25, -0.2) is 4.98 Å². The lowest BCUT2D eigenvalue weighted by atomic mass is 9.99. The van der Waals surface area contributed by atoms with Crippen LogP contribution in [-0.2, 0) is 11.3 Å². The van der Waals surface area contributed by atoms with E-state index >= 15 is 0 Å². The Labute approximate surface area is 255 Å². The van der Waals surface area contributed by atoms with Crippen LogP contribution in [0.4, 0.5) is 5.69 Å². The quantitative estimate of drug-likeness (QED) is 0.199. The molecule has 0 saturated carbocycles. The number of nitrogens with one attached hydrogen (secondary N) is 1. The first-order chi connectivity index (χ1) is 20.3. The highest BCUT2D eigenvalue weighted by Gasteiger charge is 2.28. The second-order valence-electron chi connectivity index (χ2n) is 11.1. The number of amides is 1. The summed E-state index contributed by atoms with van der Waals surface area (Å²) in [4.78, 5) is 26.5. The number of piperidine rings is 1. The van der Waals surface area contributed by atoms with Crippen LogP contribution in [0.25, 0.3) is 0 Å². The third-order valence-corrected chi connectivity index (χ3v) is 8.41. The number of ether oxygens (including phenoxy) is 2. The van der Waals surface area contributed by atoms with Gasteiger partial charge >= 0.3 is 0 Å². The Kier molecular flexibility index (Phi) is 11.6. The fraction of sp³-hybridized carbons (Fsp3) is 0.485. The zero-order valence-corrected chi connectivity index (χ0v) is 26.3. The number of likely N-dealkylation sites (tertiary alicyclic amines) is 1. The maximum absolute atomic E-state index is 12.8. The molecule has 226 valence electrons. The van der Waals surface area contributed by atoms with Crippen molar-refractivity contribution in [2.45, 2.75) is 65.6 Å². The van der Waals surface area contributed by atoms with Crippen LogP contribution in [0.15, 0.2) is 48.8 Å². The van der Waals surface area contributed by atoms with Crippen LogP contribution in [0, 0.1) is 20.8 Å². The minimum Gasteiger partial charge on any atom is -0.491 e. The molecular weight excluding hydrogens is 550 g/mol. The highest BCUT2D eigenvalue weighted by Crippen LogP contribution is 2.29. The number of pyridine rings is 2. The van der Waals surface area contributed by atoms with Crippen molar-refractivity contribution in [3.63, 3.8) is 0 Å². The number of anilines is 1. The van der Waals surface area contributed by atoms with Crippen molar-refractivity contribution in [1.82, 2.24) is 20.2 Å². The van der Waals surface area contributed by atoms with E-state index in [-0.39, 0.29) is 5.91 Å². The number of carbonyl (C=O) groups is 1. The SMILES string of the molecule is COCCOc1ccc(N(Cc2cnccc2C)C2CCN([C@H](C)CCNC(=O)c3c(C)cc(Cl)nc3C)CC2)cc1. The van der Waals surface area contributed by atoms with Crippen molar-refractivity contribution in [3.8, 4) is 5.75 Å². The molecule has 42 heavy (non-hydrogen) atoms. The summed E-state index contributed by atoms with van der Waals surface area (Å²) < 4.78 is 10.9. The first-order valence-corrected chi connectivity index (χ1v) is 15.2. The zero-order chi connectivity index (χ0) is 30.1. The molecule has 8 nitrogen and oxygen atoms in total. The molecule has 0 unspecified atom stereocenters. The molecule has 1 saturated heterocycles. The predicted molar refractivity (Wildman–Crippen MR) is 169 cm³/mol. The normalized spacial score (nSPS) is 14.9. The van der Waals surface area contributed by atoms with Crippen LogP contribution in [0.5, 0.6) is 5.75 Å². The van der Waals surface area contributed by atoms with Crippen molar-refractivity contribution in [2.75, 3.05) is 44.9 Å². The van der Waals surface area contributed by atoms with Gasteiger partial charge in [0.15, 0.2) is 0 Å². The van der Waals surface area contributed by atoms with Crippen LogP contribution in [-0.4, -0.2) is 72.8 Å². The Morgan fingerprint density at radius 3 is 2.52 bits per heavy atom. The van der Waals surface area contributed by atoms with E-state index in [1.54, 1.807) is 13.2 Å². The van der Waals surface area contributed by atoms with E-state index in [4.69, 9.17) is 21.1 Å². The van der Waals surface area contributed by atoms with Crippen molar-refractivity contribution < 1.29 is 14.3 Å². The number of aromatic nitrogens is 2. The Balaban J connectivity index is 1.34. The number of hydrogen-bond donors (Lipinski definition) is 1. The molecule has 0 radical (unpaired) electrons. The lowest BCUT2D eigenvalue weighted by molar-refractivity contribution is 0.0943. The molecular formula is C33H44ClN5O3. The summed E-state index contributed by atoms with van der Waals surface area (Å²) in [5.41, 5.74) is 5.81. The number of carbonyl (C=O) groups excluding carboxylic acids is 1. The van der Waals surface area contributed by atoms with Gasteiger partial charge < -0.3 is 24.6 Å². The second kappa shape index (κ2) is 15.3. The first-order valence-electron chi connectivity index (χ1n) is 14.8. The lowest BCUT2D eigenvalue weighted by Crippen LogP contribution is -2.48. The van der Waals surface area contributed by atoms with Crippen molar-refractivity contribution in [3.05, 3.63) is 81.9 Å². The van der Waals surface area contributed by atoms with E-state index in [0.29, 0.717) is 48.3 Å². The zero-order valence-electron chi connectivity index (χ0n) is 25.5. The molecule has 1 aliphatic heterocycles. The monoisotopic (exact) mass is 593 g/mol. The largest absolute Gasteiger partial charge is 0.491 e. The van der Waals surface area contributed by atoms with E-state index in [9.17, 15) is 4.79 Å². The molecule has 2 aromatic heterocycles. The molecule has 1 fully saturated rings. The number of halogens is 1. The molecule has 0 bridgehead atoms. The molecule has 1 N–H and O–H groups in total. The van der Waals surface area contributed by atoms with Gasteiger partial charge in [-0.3, -0.25) is 9.78 Å². The summed E-state index contributed by atoms with van der Waals surface area (Å²) in [5.74, 6) is 0.762. The Hall–Kier alpha value is -3.20. The van der Waals surface area contributed by atoms with Gasteiger partial charge in [-0.1, -0.05) is 11.6 Å². The number of nitrogens with zero attached hydrogens (tertiary/aromatic N) is 4. The first kappa shape index (κ1) is 31.7. The topological polar surface area (TPSA) is 79.8 Å². The minimum absolute atomic E-state index is 0.0865. The molecule has 3 aromatic rings. The molecule has 0 spiro atoms. The molecule has 9 heteroatoms. The highest BCUT2D eigenvalue weighted by molar-refractivity contribution is 6.29. The third kappa shape index (κ3) is 8.43. The summed E-state index contributed by atoms with van der Waals surface area (Å²) in [7, 11) is 1.68. The fourth-order valence-corrected chi connectivity index (χ4v) is 5.98. The molecule has 1 atom stereocenters. The van der Waals surface area contributed by atoms with Crippen LogP contribution in [0.2, 0.25) is 5.15 Å². The molecule has 1 amide bonds. The minimum atomic E-state index is -0.0865. The van der Waals surface area contributed by atoms with Crippen molar-refractivity contribution >= 4 is 23.2 Å². The summed E-state index contributed by atoms with van der Waals surface area (Å²) in [5, 5.41) is 3.51. The number of aryl methyl sites for hydroxylation is 3. The van der Waals surface area contributed by atoms with Crippen LogP contribution < -0.4 is 15.0 Å². The molecule has 4 rings (SSSR count). The maximum atomic E-state index is 12.8. The summed E-state index contributed by atoms with van der Waals surface area (Å²) in [6, 6.07) is 13.0. The van der Waals surface area contributed by atoms with Gasteiger partial charge in [-0.2, -0.15) is 0 Å². The lowest BCUT2D eigenvalue weighted by Gasteiger charge is -2.42. The average molecular weight is 594 g/mol. The number of methoxy groups -OCH3 is 1. The van der Waals surface area contributed by atoms with Crippen molar-refractivity contribution in [1.29, 1.82) is 0 Å². The fourth-order valence-electron chi connectivity index (χ4n) is 5.69. The molecule has 3 heterocycles. The van der Waals surface area contributed by atoms with E-state index in [0.717, 1.165) is 50.2 Å². The Morgan fingerprint density at radius 1 is 1.12 bits per heavy atom. The Bertz CT molecular complexity index is 1290. The van der Waals surface area contributed by atoms with Crippen LogP contribution in [0.3, 0.4) is 0 Å². The van der Waals surface area contributed by atoms with Crippen LogP contribution in [0.1, 0.15) is 58.9 Å². The summed E-state index contributed by atoms with van der Waals surface area (Å²) in [6.07, 6.45) is 6.86. The summed E-state index contributed by atoms with van der Waals surface area (Å²) in [6.45, 7) is 12.7. The third-order valence-electron chi connectivity index (χ3n) is 8.22. The average Bonchev–Trinajstić information content (AvgIpc) is 2.97. The number of benzene rings is 1. The second-order valence-corrected chi connectivity index (χ2v) is 11.5. The number of hydrogen-bond acceptors (Lipinski definition) is 7. The Morgan fingerprint density at radius 2 is 1.86 bits per heavy atom. The molecule has 1 aromatic carbocycles. The molecule has 1 aliphatic rings. The van der Waals surface area contributed by atoms with E-state index in [2.05, 4.69) is 57.1 Å². The van der Waals surface area contributed by atoms with Crippen molar-refractivity contribution in [2.24, 2.45) is 0 Å². The predicted octanol–water partition coefficient (Wildman–Crippen LogP) is 5.76. The van der Waals surface area contributed by atoms with E-state index in [1.807, 2.05) is 38.4 Å². The van der Waals surface area contributed by atoms with Gasteiger partial charge in [0.1, 0.15) is 17.5 Å². The van der Waals surface area contributed by atoms with Gasteiger partial charge in [0.05, 0.1) is 17.9 Å². The summed E-state index contributed by atoms with van der Waals surface area (Å²) >= 11 is 6.04. The van der Waals surface area contributed by atoms with Gasteiger partial charge in [0, 0.05) is 63.5 Å². The van der Waals surface area contributed by atoms with Crippen LogP contribution >= 0.6 is 11.6 Å². The standard InChI is InChI=1S/C33H44ClN5O3/c1-23-10-14-35-21-27(23)22-39(28-6-8-30(9-7-28)42-19-18-41-5)29-12-16-38(17-13-29)25(3)11-15-36-33(40)32-24(2)20-31(34)37-26(32)4/h6-10,14,20-21,25,29H,11-13,15-19,22H2,1-5H3,(H,36,40)/t25-/m1/s1.